The largest absolute Gasteiger partial charge is 0.497 e. The molecule has 132 valence electrons. The molecule has 0 bridgehead atoms. The van der Waals surface area contributed by atoms with Crippen molar-refractivity contribution in [1.29, 1.82) is 5.26 Å². The van der Waals surface area contributed by atoms with Crippen molar-refractivity contribution in [3.63, 3.8) is 0 Å². The van der Waals surface area contributed by atoms with Gasteiger partial charge in [-0.1, -0.05) is 6.07 Å². The Hall–Kier alpha value is -2.42. The van der Waals surface area contributed by atoms with E-state index >= 15 is 0 Å². The molecule has 0 fully saturated rings. The number of carbonyl (C=O) groups is 1. The van der Waals surface area contributed by atoms with E-state index in [1.54, 1.807) is 7.11 Å². The van der Waals surface area contributed by atoms with E-state index in [0.29, 0.717) is 12.2 Å². The van der Waals surface area contributed by atoms with Crippen LogP contribution in [-0.4, -0.2) is 30.4 Å². The van der Waals surface area contributed by atoms with Gasteiger partial charge in [-0.3, -0.25) is 0 Å². The first-order valence-corrected chi connectivity index (χ1v) is 7.86. The molecule has 6 heteroatoms. The number of nitriles is 1. The molecule has 1 amide bonds. The predicted molar refractivity (Wildman–Crippen MR) is 94.1 cm³/mol. The lowest BCUT2D eigenvalue weighted by atomic mass is 9.95. The lowest BCUT2D eigenvalue weighted by molar-refractivity contribution is 0.0467. The van der Waals surface area contributed by atoms with Gasteiger partial charge < -0.3 is 20.1 Å². The Labute approximate surface area is 144 Å². The average molecular weight is 333 g/mol. The van der Waals surface area contributed by atoms with Crippen LogP contribution in [0.15, 0.2) is 24.3 Å². The van der Waals surface area contributed by atoms with Crippen LogP contribution in [0.5, 0.6) is 5.75 Å². The van der Waals surface area contributed by atoms with Crippen molar-refractivity contribution in [3.8, 4) is 11.8 Å². The fraction of sp³-hybridized carbons (Fsp3) is 0.556. The molecule has 0 radical (unpaired) electrons. The molecule has 0 heterocycles. The molecule has 0 spiro atoms. The standard InChI is InChI=1S/C18H27N3O3/c1-17(2,3)24-16(22)21-18(4,5)11-14(12-19)20-13-8-7-9-15(10-13)23-6/h7-10,14,20H,11H2,1-6H3,(H,21,22). The van der Waals surface area contributed by atoms with E-state index in [1.165, 1.54) is 0 Å². The normalized spacial score (nSPS) is 12.7. The van der Waals surface area contributed by atoms with Gasteiger partial charge in [-0.15, -0.1) is 0 Å². The molecule has 0 aliphatic carbocycles. The second-order valence-corrected chi connectivity index (χ2v) is 7.27. The number of methoxy groups -OCH3 is 1. The number of hydrogen-bond donors (Lipinski definition) is 2. The maximum atomic E-state index is 11.9. The molecule has 6 nitrogen and oxygen atoms in total. The summed E-state index contributed by atoms with van der Waals surface area (Å²) in [6.07, 6.45) is -0.0782. The fourth-order valence-electron chi connectivity index (χ4n) is 2.18. The molecular weight excluding hydrogens is 306 g/mol. The molecule has 1 unspecified atom stereocenters. The van der Waals surface area contributed by atoms with E-state index < -0.39 is 23.3 Å². The van der Waals surface area contributed by atoms with Crippen LogP contribution < -0.4 is 15.4 Å². The summed E-state index contributed by atoms with van der Waals surface area (Å²) < 4.78 is 10.4. The molecule has 1 aromatic carbocycles. The second kappa shape index (κ2) is 7.91. The third-order valence-electron chi connectivity index (χ3n) is 3.12. The first-order valence-electron chi connectivity index (χ1n) is 7.86. The number of nitrogens with one attached hydrogen (secondary N) is 2. The molecule has 0 aromatic heterocycles. The van der Waals surface area contributed by atoms with Gasteiger partial charge in [0, 0.05) is 23.7 Å². The number of nitrogens with zero attached hydrogens (tertiary/aromatic N) is 1. The zero-order valence-corrected chi connectivity index (χ0v) is 15.3. The first kappa shape index (κ1) is 19.6. The molecule has 2 N–H and O–H groups in total. The van der Waals surface area contributed by atoms with Crippen LogP contribution >= 0.6 is 0 Å². The molecule has 1 atom stereocenters. The summed E-state index contributed by atoms with van der Waals surface area (Å²) in [5.41, 5.74) is -0.378. The average Bonchev–Trinajstić information content (AvgIpc) is 2.43. The number of anilines is 1. The van der Waals surface area contributed by atoms with Crippen molar-refractivity contribution >= 4 is 11.8 Å². The monoisotopic (exact) mass is 333 g/mol. The Kier molecular flexibility index (Phi) is 6.47. The van der Waals surface area contributed by atoms with Gasteiger partial charge in [0.25, 0.3) is 0 Å². The molecule has 1 rings (SSSR count). The van der Waals surface area contributed by atoms with E-state index in [1.807, 2.05) is 58.9 Å². The highest BCUT2D eigenvalue weighted by Crippen LogP contribution is 2.20. The smallest absolute Gasteiger partial charge is 0.408 e. The summed E-state index contributed by atoms with van der Waals surface area (Å²) >= 11 is 0. The Morgan fingerprint density at radius 3 is 2.50 bits per heavy atom. The van der Waals surface area contributed by atoms with Crippen LogP contribution in [-0.2, 0) is 4.74 Å². The van der Waals surface area contributed by atoms with Gasteiger partial charge in [0.05, 0.1) is 13.2 Å². The minimum Gasteiger partial charge on any atom is -0.497 e. The SMILES string of the molecule is COc1cccc(NC(C#N)CC(C)(C)NC(=O)OC(C)(C)C)c1. The number of benzene rings is 1. The zero-order valence-electron chi connectivity index (χ0n) is 15.3. The number of amides is 1. The predicted octanol–water partition coefficient (Wildman–Crippen LogP) is 3.69. The Balaban J connectivity index is 2.68. The third-order valence-corrected chi connectivity index (χ3v) is 3.12. The Morgan fingerprint density at radius 1 is 1.29 bits per heavy atom. The molecule has 24 heavy (non-hydrogen) atoms. The summed E-state index contributed by atoms with van der Waals surface area (Å²) in [4.78, 5) is 11.9. The Morgan fingerprint density at radius 2 is 1.96 bits per heavy atom. The highest BCUT2D eigenvalue weighted by molar-refractivity contribution is 5.68. The maximum Gasteiger partial charge on any atom is 0.408 e. The molecule has 1 aromatic rings. The van der Waals surface area contributed by atoms with Gasteiger partial charge in [-0.05, 0) is 46.8 Å². The first-order chi connectivity index (χ1) is 11.0. The molecule has 0 aliphatic rings. The van der Waals surface area contributed by atoms with Crippen LogP contribution in [0.1, 0.15) is 41.0 Å². The summed E-state index contributed by atoms with van der Waals surface area (Å²) in [7, 11) is 1.59. The van der Waals surface area contributed by atoms with Crippen molar-refractivity contribution in [3.05, 3.63) is 24.3 Å². The highest BCUT2D eigenvalue weighted by atomic mass is 16.6. The fourth-order valence-corrected chi connectivity index (χ4v) is 2.18. The summed E-state index contributed by atoms with van der Waals surface area (Å²) in [5.74, 6) is 0.711. The van der Waals surface area contributed by atoms with Crippen molar-refractivity contribution in [2.75, 3.05) is 12.4 Å². The van der Waals surface area contributed by atoms with E-state index in [2.05, 4.69) is 16.7 Å². The van der Waals surface area contributed by atoms with Crippen LogP contribution in [0.2, 0.25) is 0 Å². The molecular formula is C18H27N3O3. The molecule has 0 aliphatic heterocycles. The van der Waals surface area contributed by atoms with Gasteiger partial charge in [0.1, 0.15) is 17.4 Å². The number of hydrogen-bond acceptors (Lipinski definition) is 5. The van der Waals surface area contributed by atoms with Crippen molar-refractivity contribution in [2.24, 2.45) is 0 Å². The van der Waals surface area contributed by atoms with E-state index in [-0.39, 0.29) is 0 Å². The quantitative estimate of drug-likeness (QED) is 0.829. The van der Waals surface area contributed by atoms with Gasteiger partial charge in [-0.25, -0.2) is 4.79 Å². The van der Waals surface area contributed by atoms with Crippen LogP contribution in [0, 0.1) is 11.3 Å². The minimum atomic E-state index is -0.603. The van der Waals surface area contributed by atoms with Crippen LogP contribution in [0.4, 0.5) is 10.5 Å². The van der Waals surface area contributed by atoms with Crippen molar-refractivity contribution in [2.45, 2.75) is 58.2 Å². The highest BCUT2D eigenvalue weighted by Gasteiger charge is 2.27. The topological polar surface area (TPSA) is 83.4 Å². The van der Waals surface area contributed by atoms with Crippen molar-refractivity contribution in [1.82, 2.24) is 5.32 Å². The number of ether oxygens (including phenoxy) is 2. The van der Waals surface area contributed by atoms with Gasteiger partial charge in [-0.2, -0.15) is 5.26 Å². The van der Waals surface area contributed by atoms with Gasteiger partial charge in [0.2, 0.25) is 0 Å². The number of alkyl carbamates (subject to hydrolysis) is 1. The van der Waals surface area contributed by atoms with Gasteiger partial charge >= 0.3 is 6.09 Å². The Bertz CT molecular complexity index is 600. The van der Waals surface area contributed by atoms with Crippen molar-refractivity contribution < 1.29 is 14.3 Å². The van der Waals surface area contributed by atoms with Gasteiger partial charge in [0.15, 0.2) is 0 Å². The lowest BCUT2D eigenvalue weighted by Crippen LogP contribution is -2.48. The van der Waals surface area contributed by atoms with E-state index in [0.717, 1.165) is 5.69 Å². The second-order valence-electron chi connectivity index (χ2n) is 7.27. The number of carbonyl (C=O) groups excluding carboxylic acids is 1. The summed E-state index contributed by atoms with van der Waals surface area (Å²) in [6, 6.07) is 9.11. The zero-order chi connectivity index (χ0) is 18.4. The van der Waals surface area contributed by atoms with E-state index in [9.17, 15) is 10.1 Å². The summed E-state index contributed by atoms with van der Waals surface area (Å²) in [5, 5.41) is 15.4. The maximum absolute atomic E-state index is 11.9. The van der Waals surface area contributed by atoms with Crippen LogP contribution in [0.3, 0.4) is 0 Å². The third kappa shape index (κ3) is 7.23. The molecule has 0 saturated heterocycles. The lowest BCUT2D eigenvalue weighted by Gasteiger charge is -2.30. The molecule has 0 saturated carbocycles. The minimum absolute atomic E-state index is 0.417. The number of rotatable bonds is 6. The van der Waals surface area contributed by atoms with E-state index in [4.69, 9.17) is 9.47 Å². The van der Waals surface area contributed by atoms with Crippen LogP contribution in [0.25, 0.3) is 0 Å². The summed E-state index contributed by atoms with van der Waals surface area (Å²) in [6.45, 7) is 9.13.